The molecule has 0 aromatic heterocycles. The highest BCUT2D eigenvalue weighted by atomic mass is 35.5. The van der Waals surface area contributed by atoms with Crippen molar-refractivity contribution in [3.63, 3.8) is 0 Å². The van der Waals surface area contributed by atoms with Crippen LogP contribution >= 0.6 is 11.6 Å². The van der Waals surface area contributed by atoms with Gasteiger partial charge < -0.3 is 10.2 Å². The number of hydrogen-bond donors (Lipinski definition) is 1. The summed E-state index contributed by atoms with van der Waals surface area (Å²) in [5.41, 5.74) is 0.0475. The van der Waals surface area contributed by atoms with Gasteiger partial charge in [-0.05, 0) is 37.5 Å². The zero-order valence-corrected chi connectivity index (χ0v) is 13.6. The highest BCUT2D eigenvalue weighted by molar-refractivity contribution is 6.30. The van der Waals surface area contributed by atoms with Gasteiger partial charge in [-0.1, -0.05) is 37.6 Å². The summed E-state index contributed by atoms with van der Waals surface area (Å²) >= 11 is 6.00. The molecule has 5 heteroatoms. The van der Waals surface area contributed by atoms with Crippen LogP contribution in [0.1, 0.15) is 33.3 Å². The third-order valence-corrected chi connectivity index (χ3v) is 4.18. The van der Waals surface area contributed by atoms with E-state index in [-0.39, 0.29) is 17.7 Å². The van der Waals surface area contributed by atoms with Crippen molar-refractivity contribution in [2.45, 2.75) is 45.8 Å². The lowest BCUT2D eigenvalue weighted by Crippen LogP contribution is -2.69. The molecule has 1 atom stereocenters. The molecule has 1 heterocycles. The molecule has 2 amide bonds. The monoisotopic (exact) mass is 308 g/mol. The number of halogens is 1. The molecule has 1 saturated heterocycles. The maximum absolute atomic E-state index is 12.7. The Morgan fingerprint density at radius 3 is 2.57 bits per heavy atom. The van der Waals surface area contributed by atoms with Gasteiger partial charge in [0.25, 0.3) is 0 Å². The van der Waals surface area contributed by atoms with Gasteiger partial charge in [-0.25, -0.2) is 0 Å². The molecule has 0 spiro atoms. The summed E-state index contributed by atoms with van der Waals surface area (Å²) in [4.78, 5) is 26.6. The van der Waals surface area contributed by atoms with E-state index in [1.807, 2.05) is 32.0 Å². The number of nitrogens with one attached hydrogen (secondary N) is 1. The van der Waals surface area contributed by atoms with Gasteiger partial charge in [0.05, 0.1) is 0 Å². The molecule has 0 aliphatic carbocycles. The Hall–Kier alpha value is -1.55. The lowest BCUT2D eigenvalue weighted by Gasteiger charge is -2.45. The number of nitrogens with zero attached hydrogens (tertiary/aromatic N) is 1. The van der Waals surface area contributed by atoms with Crippen molar-refractivity contribution in [2.24, 2.45) is 5.92 Å². The van der Waals surface area contributed by atoms with Gasteiger partial charge in [0, 0.05) is 11.6 Å². The van der Waals surface area contributed by atoms with Crippen LogP contribution in [-0.2, 0) is 16.1 Å². The van der Waals surface area contributed by atoms with Gasteiger partial charge in [-0.15, -0.1) is 0 Å². The van der Waals surface area contributed by atoms with Crippen molar-refractivity contribution in [3.8, 4) is 0 Å². The third kappa shape index (κ3) is 3.05. The van der Waals surface area contributed by atoms with E-state index < -0.39 is 11.6 Å². The van der Waals surface area contributed by atoms with Gasteiger partial charge in [-0.2, -0.15) is 0 Å². The van der Waals surface area contributed by atoms with Crippen LogP contribution in [0.4, 0.5) is 0 Å². The second-order valence-electron chi connectivity index (χ2n) is 6.31. The van der Waals surface area contributed by atoms with Crippen molar-refractivity contribution >= 4 is 23.4 Å². The largest absolute Gasteiger partial charge is 0.342 e. The highest BCUT2D eigenvalue weighted by Gasteiger charge is 2.46. The summed E-state index contributed by atoms with van der Waals surface area (Å²) in [6.07, 6.45) is 0. The quantitative estimate of drug-likeness (QED) is 0.933. The minimum absolute atomic E-state index is 0.0467. The Labute approximate surface area is 130 Å². The molecule has 1 aliphatic rings. The predicted octanol–water partition coefficient (Wildman–Crippen LogP) is 2.60. The van der Waals surface area contributed by atoms with Crippen LogP contribution in [0.3, 0.4) is 0 Å². The summed E-state index contributed by atoms with van der Waals surface area (Å²) in [5, 5.41) is 3.45. The van der Waals surface area contributed by atoms with E-state index >= 15 is 0 Å². The first-order valence-electron chi connectivity index (χ1n) is 7.10. The molecule has 2 rings (SSSR count). The third-order valence-electron chi connectivity index (χ3n) is 3.95. The fraction of sp³-hybridized carbons (Fsp3) is 0.500. The van der Waals surface area contributed by atoms with Gasteiger partial charge in [0.15, 0.2) is 0 Å². The molecule has 1 unspecified atom stereocenters. The van der Waals surface area contributed by atoms with E-state index in [9.17, 15) is 9.59 Å². The van der Waals surface area contributed by atoms with E-state index in [1.54, 1.807) is 24.8 Å². The molecule has 1 fully saturated rings. The SMILES string of the molecule is CC(C)C1NC(=O)C(C)(C)N(Cc2cccc(Cl)c2)C1=O. The average molecular weight is 309 g/mol. The first-order chi connectivity index (χ1) is 9.73. The number of carbonyl (C=O) groups is 2. The van der Waals surface area contributed by atoms with Crippen molar-refractivity contribution < 1.29 is 9.59 Å². The predicted molar refractivity (Wildman–Crippen MR) is 82.8 cm³/mol. The van der Waals surface area contributed by atoms with Gasteiger partial charge >= 0.3 is 0 Å². The molecule has 0 bridgehead atoms. The summed E-state index contributed by atoms with van der Waals surface area (Å²) in [6.45, 7) is 7.77. The molecule has 1 aliphatic heterocycles. The molecule has 0 saturated carbocycles. The molecule has 4 nitrogen and oxygen atoms in total. The lowest BCUT2D eigenvalue weighted by atomic mass is 9.91. The number of carbonyl (C=O) groups excluding carboxylic acids is 2. The molecule has 0 radical (unpaired) electrons. The average Bonchev–Trinajstić information content (AvgIpc) is 2.39. The normalized spacial score (nSPS) is 21.6. The smallest absolute Gasteiger partial charge is 0.246 e. The summed E-state index contributed by atoms with van der Waals surface area (Å²) in [7, 11) is 0. The minimum Gasteiger partial charge on any atom is -0.342 e. The summed E-state index contributed by atoms with van der Waals surface area (Å²) in [5.74, 6) is -0.114. The van der Waals surface area contributed by atoms with Crippen molar-refractivity contribution in [1.82, 2.24) is 10.2 Å². The zero-order valence-electron chi connectivity index (χ0n) is 12.8. The van der Waals surface area contributed by atoms with Crippen LogP contribution in [0, 0.1) is 5.92 Å². The van der Waals surface area contributed by atoms with Crippen molar-refractivity contribution in [3.05, 3.63) is 34.9 Å². The minimum atomic E-state index is -0.870. The number of piperazine rings is 1. The maximum atomic E-state index is 12.7. The van der Waals surface area contributed by atoms with Crippen LogP contribution in [-0.4, -0.2) is 28.3 Å². The number of amides is 2. The number of hydrogen-bond acceptors (Lipinski definition) is 2. The van der Waals surface area contributed by atoms with E-state index in [1.165, 1.54) is 0 Å². The maximum Gasteiger partial charge on any atom is 0.246 e. The Morgan fingerprint density at radius 1 is 1.33 bits per heavy atom. The second-order valence-corrected chi connectivity index (χ2v) is 6.74. The van der Waals surface area contributed by atoms with Gasteiger partial charge in [-0.3, -0.25) is 9.59 Å². The van der Waals surface area contributed by atoms with Crippen LogP contribution in [0.5, 0.6) is 0 Å². The van der Waals surface area contributed by atoms with E-state index in [2.05, 4.69) is 5.32 Å². The molecular formula is C16H21ClN2O2. The summed E-state index contributed by atoms with van der Waals surface area (Å²) in [6, 6.07) is 6.90. The van der Waals surface area contributed by atoms with Crippen molar-refractivity contribution in [1.29, 1.82) is 0 Å². The lowest BCUT2D eigenvalue weighted by molar-refractivity contribution is -0.157. The number of benzene rings is 1. The molecular weight excluding hydrogens is 288 g/mol. The first-order valence-corrected chi connectivity index (χ1v) is 7.48. The van der Waals surface area contributed by atoms with E-state index in [4.69, 9.17) is 11.6 Å². The highest BCUT2D eigenvalue weighted by Crippen LogP contribution is 2.26. The van der Waals surface area contributed by atoms with E-state index in [0.717, 1.165) is 5.56 Å². The van der Waals surface area contributed by atoms with Crippen LogP contribution in [0.25, 0.3) is 0 Å². The topological polar surface area (TPSA) is 49.4 Å². The molecule has 1 aromatic rings. The zero-order chi connectivity index (χ0) is 15.8. The Bertz CT molecular complexity index is 569. The molecule has 1 aromatic carbocycles. The van der Waals surface area contributed by atoms with Gasteiger partial charge in [0.2, 0.25) is 11.8 Å². The molecule has 114 valence electrons. The van der Waals surface area contributed by atoms with Crippen LogP contribution in [0.15, 0.2) is 24.3 Å². The Kier molecular flexibility index (Phi) is 4.28. The second kappa shape index (κ2) is 5.68. The summed E-state index contributed by atoms with van der Waals surface area (Å²) < 4.78 is 0. The Balaban J connectivity index is 2.32. The van der Waals surface area contributed by atoms with Crippen molar-refractivity contribution in [2.75, 3.05) is 0 Å². The number of rotatable bonds is 3. The van der Waals surface area contributed by atoms with Crippen LogP contribution < -0.4 is 5.32 Å². The standard InChI is InChI=1S/C16H21ClN2O2/c1-10(2)13-14(20)19(16(3,4)15(21)18-13)9-11-6-5-7-12(17)8-11/h5-8,10,13H,9H2,1-4H3,(H,18,21). The molecule has 1 N–H and O–H groups in total. The van der Waals surface area contributed by atoms with Gasteiger partial charge in [0.1, 0.15) is 11.6 Å². The molecule has 21 heavy (non-hydrogen) atoms. The van der Waals surface area contributed by atoms with E-state index in [0.29, 0.717) is 11.6 Å². The first kappa shape index (κ1) is 15.8. The fourth-order valence-electron chi connectivity index (χ4n) is 2.49. The fourth-order valence-corrected chi connectivity index (χ4v) is 2.70. The Morgan fingerprint density at radius 2 is 2.00 bits per heavy atom. The van der Waals surface area contributed by atoms with Crippen LogP contribution in [0.2, 0.25) is 5.02 Å².